The van der Waals surface area contributed by atoms with E-state index in [2.05, 4.69) is 0 Å². The molecule has 0 aromatic heterocycles. The summed E-state index contributed by atoms with van der Waals surface area (Å²) in [6.07, 6.45) is 0.745. The van der Waals surface area contributed by atoms with Crippen molar-refractivity contribution < 1.29 is 70.6 Å². The van der Waals surface area contributed by atoms with Crippen LogP contribution in [0, 0.1) is 0 Å². The SMILES string of the molecule is CC(=O)O.CC(=O)O.CC(=O)O.CC(=O)O.CCC(N)N.[H-].[Na+]. The van der Waals surface area contributed by atoms with Crippen LogP contribution in [-0.4, -0.2) is 50.5 Å². The standard InChI is InChI=1S/C3H10N2.4C2H4O2.Na.H/c1-2-3(4)5;4*1-2(3)4;;/h3H,2,4-5H2,1H3;4*1H3,(H,3,4);;/q;;;;;+1;-1. The zero-order chi connectivity index (χ0) is 18.6. The van der Waals surface area contributed by atoms with Crippen molar-refractivity contribution in [1.29, 1.82) is 0 Å². The molecule has 0 radical (unpaired) electrons. The molecule has 0 bridgehead atoms. The molecule has 0 aliphatic heterocycles. The molecule has 0 aliphatic carbocycles. The van der Waals surface area contributed by atoms with Crippen LogP contribution in [-0.2, 0) is 19.2 Å². The number of carboxylic acids is 4. The second-order valence-electron chi connectivity index (χ2n) is 3.15. The Balaban J connectivity index is -0.0000000273. The van der Waals surface area contributed by atoms with Gasteiger partial charge in [0.15, 0.2) is 0 Å². The van der Waals surface area contributed by atoms with Crippen molar-refractivity contribution in [3.05, 3.63) is 0 Å². The van der Waals surface area contributed by atoms with Gasteiger partial charge >= 0.3 is 29.6 Å². The topological polar surface area (TPSA) is 201 Å². The summed E-state index contributed by atoms with van der Waals surface area (Å²) in [4.78, 5) is 36.0. The summed E-state index contributed by atoms with van der Waals surface area (Å²) in [5, 5.41) is 29.7. The van der Waals surface area contributed by atoms with Crippen molar-refractivity contribution in [2.45, 2.75) is 47.2 Å². The van der Waals surface area contributed by atoms with Crippen LogP contribution in [0.25, 0.3) is 0 Å². The molecule has 130 valence electrons. The third-order valence-corrected chi connectivity index (χ3v) is 0.471. The van der Waals surface area contributed by atoms with Gasteiger partial charge < -0.3 is 33.3 Å². The van der Waals surface area contributed by atoms with E-state index in [1.807, 2.05) is 6.92 Å². The van der Waals surface area contributed by atoms with Crippen molar-refractivity contribution >= 4 is 23.9 Å². The monoisotopic (exact) mass is 338 g/mol. The van der Waals surface area contributed by atoms with Gasteiger partial charge in [-0.2, -0.15) is 0 Å². The Kier molecular flexibility index (Phi) is 54.1. The molecule has 11 heteroatoms. The molecule has 0 saturated carbocycles. The minimum atomic E-state index is -0.833. The molecule has 0 aliphatic rings. The predicted octanol–water partition coefficient (Wildman–Crippen LogP) is -2.88. The van der Waals surface area contributed by atoms with Crippen molar-refractivity contribution in [2.75, 3.05) is 0 Å². The van der Waals surface area contributed by atoms with E-state index < -0.39 is 23.9 Å². The summed E-state index contributed by atoms with van der Waals surface area (Å²) in [6, 6.07) is 0. The molecule has 8 N–H and O–H groups in total. The number of carboxylic acid groups (broad SMARTS) is 4. The first-order valence-electron chi connectivity index (χ1n) is 5.49. The first-order chi connectivity index (χ1) is 9.20. The first kappa shape index (κ1) is 37.2. The van der Waals surface area contributed by atoms with Gasteiger partial charge in [0.25, 0.3) is 23.9 Å². The second-order valence-corrected chi connectivity index (χ2v) is 3.15. The minimum absolute atomic E-state index is 0. The van der Waals surface area contributed by atoms with E-state index in [0.717, 1.165) is 34.1 Å². The van der Waals surface area contributed by atoms with E-state index in [1.54, 1.807) is 0 Å². The fraction of sp³-hybridized carbons (Fsp3) is 0.636. The van der Waals surface area contributed by atoms with E-state index in [0.29, 0.717) is 0 Å². The van der Waals surface area contributed by atoms with Gasteiger partial charge in [-0.1, -0.05) is 6.92 Å². The smallest absolute Gasteiger partial charge is 1.00 e. The van der Waals surface area contributed by atoms with E-state index in [-0.39, 0.29) is 37.1 Å². The summed E-state index contributed by atoms with van der Waals surface area (Å²) >= 11 is 0. The fourth-order valence-corrected chi connectivity index (χ4v) is 0. The van der Waals surface area contributed by atoms with Gasteiger partial charge in [-0.3, -0.25) is 19.2 Å². The maximum atomic E-state index is 9.00. The average Bonchev–Trinajstić information content (AvgIpc) is 2.13. The number of aliphatic carboxylic acids is 4. The van der Waals surface area contributed by atoms with Gasteiger partial charge in [-0.05, 0) is 6.42 Å². The molecule has 0 aromatic rings. The van der Waals surface area contributed by atoms with Gasteiger partial charge in [0.1, 0.15) is 0 Å². The summed E-state index contributed by atoms with van der Waals surface area (Å²) in [5.41, 5.74) is 10.1. The number of carbonyl (C=O) groups is 4. The average molecular weight is 338 g/mol. The Bertz CT molecular complexity index is 227. The van der Waals surface area contributed by atoms with Crippen LogP contribution >= 0.6 is 0 Å². The third kappa shape index (κ3) is 9310. The number of hydrogen-bond donors (Lipinski definition) is 6. The number of nitrogens with two attached hydrogens (primary N) is 2. The van der Waals surface area contributed by atoms with Crippen molar-refractivity contribution in [1.82, 2.24) is 0 Å². The van der Waals surface area contributed by atoms with E-state index >= 15 is 0 Å². The summed E-state index contributed by atoms with van der Waals surface area (Å²) in [6.45, 7) is 6.28. The van der Waals surface area contributed by atoms with Crippen molar-refractivity contribution in [3.63, 3.8) is 0 Å². The molecular formula is C11H27N2NaO8. The van der Waals surface area contributed by atoms with E-state index in [4.69, 9.17) is 51.1 Å². The van der Waals surface area contributed by atoms with Gasteiger partial charge in [0.05, 0.1) is 6.17 Å². The molecule has 0 rings (SSSR count). The predicted molar refractivity (Wildman–Crippen MR) is 76.8 cm³/mol. The number of hydrogen-bond acceptors (Lipinski definition) is 6. The molecule has 0 aromatic carbocycles. The fourth-order valence-electron chi connectivity index (χ4n) is 0. The van der Waals surface area contributed by atoms with Crippen LogP contribution in [0.1, 0.15) is 42.5 Å². The van der Waals surface area contributed by atoms with Crippen LogP contribution in [0.5, 0.6) is 0 Å². The minimum Gasteiger partial charge on any atom is -1.00 e. The molecule has 0 heterocycles. The Labute approximate surface area is 153 Å². The van der Waals surface area contributed by atoms with Crippen LogP contribution < -0.4 is 41.0 Å². The van der Waals surface area contributed by atoms with Crippen LogP contribution in [0.15, 0.2) is 0 Å². The second kappa shape index (κ2) is 31.9. The van der Waals surface area contributed by atoms with Crippen LogP contribution in [0.3, 0.4) is 0 Å². The van der Waals surface area contributed by atoms with Crippen molar-refractivity contribution in [2.24, 2.45) is 11.5 Å². The Morgan fingerprint density at radius 3 is 0.818 bits per heavy atom. The van der Waals surface area contributed by atoms with Crippen LogP contribution in [0.4, 0.5) is 0 Å². The summed E-state index contributed by atoms with van der Waals surface area (Å²) in [7, 11) is 0. The Hall–Kier alpha value is -1.20. The van der Waals surface area contributed by atoms with Crippen LogP contribution in [0.2, 0.25) is 0 Å². The molecule has 22 heavy (non-hydrogen) atoms. The van der Waals surface area contributed by atoms with Gasteiger partial charge in [-0.15, -0.1) is 0 Å². The van der Waals surface area contributed by atoms with E-state index in [1.165, 1.54) is 0 Å². The molecule has 0 saturated heterocycles. The molecule has 10 nitrogen and oxygen atoms in total. The zero-order valence-corrected chi connectivity index (χ0v) is 15.9. The number of rotatable bonds is 1. The molecule has 0 unspecified atom stereocenters. The molecule has 0 spiro atoms. The summed E-state index contributed by atoms with van der Waals surface area (Å²) in [5.74, 6) is -3.33. The van der Waals surface area contributed by atoms with Gasteiger partial charge in [0, 0.05) is 27.7 Å². The molecule has 0 fully saturated rings. The first-order valence-corrected chi connectivity index (χ1v) is 5.49. The van der Waals surface area contributed by atoms with Crippen molar-refractivity contribution in [3.8, 4) is 0 Å². The molecular weight excluding hydrogens is 311 g/mol. The zero-order valence-electron chi connectivity index (χ0n) is 14.9. The maximum absolute atomic E-state index is 9.00. The molecule has 0 atom stereocenters. The Morgan fingerprint density at radius 1 is 0.773 bits per heavy atom. The normalized spacial score (nSPS) is 6.73. The molecule has 0 amide bonds. The third-order valence-electron chi connectivity index (χ3n) is 0.471. The van der Waals surface area contributed by atoms with Gasteiger partial charge in [-0.25, -0.2) is 0 Å². The quantitative estimate of drug-likeness (QED) is 0.213. The van der Waals surface area contributed by atoms with Gasteiger partial charge in [0.2, 0.25) is 0 Å². The van der Waals surface area contributed by atoms with E-state index in [9.17, 15) is 0 Å². The summed E-state index contributed by atoms with van der Waals surface area (Å²) < 4.78 is 0. The maximum Gasteiger partial charge on any atom is 1.00 e. The largest absolute Gasteiger partial charge is 1.00 e. The Morgan fingerprint density at radius 2 is 0.818 bits per heavy atom.